The molecule has 0 fully saturated rings. The Labute approximate surface area is 130 Å². The van der Waals surface area contributed by atoms with Gasteiger partial charge in [-0.15, -0.1) is 0 Å². The van der Waals surface area contributed by atoms with Crippen LogP contribution >= 0.6 is 0 Å². The molecule has 7 heteroatoms. The summed E-state index contributed by atoms with van der Waals surface area (Å²) in [6, 6.07) is 0. The highest BCUT2D eigenvalue weighted by molar-refractivity contribution is 6.12. The van der Waals surface area contributed by atoms with Crippen LogP contribution in [0.3, 0.4) is 0 Å². The maximum atomic E-state index is 11.6. The lowest BCUT2D eigenvalue weighted by atomic mass is 10.2. The van der Waals surface area contributed by atoms with Gasteiger partial charge in [-0.3, -0.25) is 24.1 Å². The molecule has 0 saturated carbocycles. The van der Waals surface area contributed by atoms with Crippen molar-refractivity contribution >= 4 is 23.6 Å². The van der Waals surface area contributed by atoms with Crippen molar-refractivity contribution in [2.45, 2.75) is 38.5 Å². The molecule has 0 aromatic carbocycles. The molecule has 4 amide bonds. The van der Waals surface area contributed by atoms with Gasteiger partial charge >= 0.3 is 0 Å². The minimum absolute atomic E-state index is 0.0320. The summed E-state index contributed by atoms with van der Waals surface area (Å²) in [6.45, 7) is 0.847. The smallest absolute Gasteiger partial charge is 0.253 e. The number of carbonyl (C=O) groups excluding carboxylic acids is 4. The molecule has 0 radical (unpaired) electrons. The molecule has 1 heterocycles. The molecule has 0 aromatic rings. The van der Waals surface area contributed by atoms with E-state index in [9.17, 15) is 19.2 Å². The van der Waals surface area contributed by atoms with Crippen LogP contribution in [0, 0.1) is 0 Å². The van der Waals surface area contributed by atoms with Crippen LogP contribution < -0.4 is 10.6 Å². The molecular weight excluding hydrogens is 286 g/mol. The zero-order valence-corrected chi connectivity index (χ0v) is 12.9. The van der Waals surface area contributed by atoms with E-state index < -0.39 is 0 Å². The zero-order chi connectivity index (χ0) is 16.4. The third-order valence-electron chi connectivity index (χ3n) is 3.37. The van der Waals surface area contributed by atoms with Crippen LogP contribution in [0.2, 0.25) is 0 Å². The van der Waals surface area contributed by atoms with Crippen LogP contribution in [-0.4, -0.2) is 48.7 Å². The van der Waals surface area contributed by atoms with Crippen LogP contribution in [0.15, 0.2) is 12.2 Å². The van der Waals surface area contributed by atoms with Crippen LogP contribution in [0.4, 0.5) is 0 Å². The van der Waals surface area contributed by atoms with E-state index in [0.29, 0.717) is 19.4 Å². The van der Waals surface area contributed by atoms with Gasteiger partial charge in [0, 0.05) is 45.1 Å². The minimum atomic E-state index is -0.318. The summed E-state index contributed by atoms with van der Waals surface area (Å²) in [6.07, 6.45) is 6.25. The highest BCUT2D eigenvalue weighted by Gasteiger charge is 2.22. The van der Waals surface area contributed by atoms with Crippen molar-refractivity contribution in [3.63, 3.8) is 0 Å². The average molecular weight is 309 g/mol. The Morgan fingerprint density at radius 3 is 2.23 bits per heavy atom. The molecule has 122 valence electrons. The molecule has 0 spiro atoms. The average Bonchev–Trinajstić information content (AvgIpc) is 2.82. The SMILES string of the molecule is CNC(=O)CCCCCNC(=O)CCCN1C(=O)C=CC1=O. The molecule has 0 saturated heterocycles. The molecular formula is C15H23N3O4. The molecule has 1 rings (SSSR count). The number of amides is 4. The quantitative estimate of drug-likeness (QED) is 0.442. The van der Waals surface area contributed by atoms with Gasteiger partial charge in [-0.1, -0.05) is 6.42 Å². The van der Waals surface area contributed by atoms with E-state index in [1.54, 1.807) is 7.05 Å². The highest BCUT2D eigenvalue weighted by Crippen LogP contribution is 2.05. The lowest BCUT2D eigenvalue weighted by Crippen LogP contribution is -2.32. The van der Waals surface area contributed by atoms with Crippen molar-refractivity contribution in [3.8, 4) is 0 Å². The van der Waals surface area contributed by atoms with E-state index >= 15 is 0 Å². The summed E-state index contributed by atoms with van der Waals surface area (Å²) in [4.78, 5) is 46.3. The molecule has 1 aliphatic heterocycles. The van der Waals surface area contributed by atoms with Gasteiger partial charge in [-0.2, -0.15) is 0 Å². The summed E-state index contributed by atoms with van der Waals surface area (Å²) < 4.78 is 0. The zero-order valence-electron chi connectivity index (χ0n) is 12.9. The summed E-state index contributed by atoms with van der Waals surface area (Å²) in [5.41, 5.74) is 0. The molecule has 22 heavy (non-hydrogen) atoms. The summed E-state index contributed by atoms with van der Waals surface area (Å²) in [5.74, 6) is -0.689. The number of hydrogen-bond acceptors (Lipinski definition) is 4. The van der Waals surface area contributed by atoms with Crippen LogP contribution in [-0.2, 0) is 19.2 Å². The van der Waals surface area contributed by atoms with Crippen LogP contribution in [0.5, 0.6) is 0 Å². The Bertz CT molecular complexity index is 442. The van der Waals surface area contributed by atoms with Gasteiger partial charge in [0.15, 0.2) is 0 Å². The maximum Gasteiger partial charge on any atom is 0.253 e. The van der Waals surface area contributed by atoms with Gasteiger partial charge in [-0.25, -0.2) is 0 Å². The topological polar surface area (TPSA) is 95.6 Å². The van der Waals surface area contributed by atoms with E-state index in [-0.39, 0.29) is 36.6 Å². The van der Waals surface area contributed by atoms with Crippen molar-refractivity contribution in [2.24, 2.45) is 0 Å². The van der Waals surface area contributed by atoms with E-state index in [1.807, 2.05) is 0 Å². The third kappa shape index (κ3) is 6.51. The van der Waals surface area contributed by atoms with Gasteiger partial charge in [0.2, 0.25) is 11.8 Å². The van der Waals surface area contributed by atoms with E-state index in [0.717, 1.165) is 24.2 Å². The van der Waals surface area contributed by atoms with Crippen molar-refractivity contribution < 1.29 is 19.2 Å². The molecule has 0 aliphatic carbocycles. The maximum absolute atomic E-state index is 11.6. The number of carbonyl (C=O) groups is 4. The number of hydrogen-bond donors (Lipinski definition) is 2. The largest absolute Gasteiger partial charge is 0.359 e. The third-order valence-corrected chi connectivity index (χ3v) is 3.37. The molecule has 0 atom stereocenters. The van der Waals surface area contributed by atoms with E-state index in [1.165, 1.54) is 12.2 Å². The fourth-order valence-corrected chi connectivity index (χ4v) is 2.08. The highest BCUT2D eigenvalue weighted by atomic mass is 16.2. The lowest BCUT2D eigenvalue weighted by molar-refractivity contribution is -0.137. The molecule has 0 aromatic heterocycles. The predicted octanol–water partition coefficient (Wildman–Crippen LogP) is 0.114. The summed E-state index contributed by atoms with van der Waals surface area (Å²) >= 11 is 0. The van der Waals surface area contributed by atoms with Crippen LogP contribution in [0.1, 0.15) is 38.5 Å². The molecule has 0 bridgehead atoms. The number of rotatable bonds is 10. The fourth-order valence-electron chi connectivity index (χ4n) is 2.08. The van der Waals surface area contributed by atoms with Crippen molar-refractivity contribution in [3.05, 3.63) is 12.2 Å². The van der Waals surface area contributed by atoms with Gasteiger partial charge in [0.1, 0.15) is 0 Å². The Kier molecular flexibility index (Phi) is 7.88. The molecule has 1 aliphatic rings. The first-order valence-electron chi connectivity index (χ1n) is 7.55. The predicted molar refractivity (Wildman–Crippen MR) is 80.6 cm³/mol. The minimum Gasteiger partial charge on any atom is -0.359 e. The van der Waals surface area contributed by atoms with Crippen molar-refractivity contribution in [1.82, 2.24) is 15.5 Å². The van der Waals surface area contributed by atoms with Gasteiger partial charge in [0.05, 0.1) is 0 Å². The van der Waals surface area contributed by atoms with Gasteiger partial charge in [-0.05, 0) is 19.3 Å². The number of imide groups is 1. The molecule has 7 nitrogen and oxygen atoms in total. The Balaban J connectivity index is 1.99. The Hall–Kier alpha value is -2.18. The molecule has 2 N–H and O–H groups in total. The number of unbranched alkanes of at least 4 members (excludes halogenated alkanes) is 2. The second kappa shape index (κ2) is 9.70. The summed E-state index contributed by atoms with van der Waals surface area (Å²) in [5, 5.41) is 5.35. The molecule has 0 unspecified atom stereocenters. The second-order valence-electron chi connectivity index (χ2n) is 5.10. The van der Waals surface area contributed by atoms with Crippen molar-refractivity contribution in [2.75, 3.05) is 20.1 Å². The first kappa shape index (κ1) is 17.9. The monoisotopic (exact) mass is 309 g/mol. The van der Waals surface area contributed by atoms with Crippen LogP contribution in [0.25, 0.3) is 0 Å². The Morgan fingerprint density at radius 1 is 0.955 bits per heavy atom. The number of nitrogens with one attached hydrogen (secondary N) is 2. The van der Waals surface area contributed by atoms with Gasteiger partial charge < -0.3 is 10.6 Å². The van der Waals surface area contributed by atoms with Crippen molar-refractivity contribution in [1.29, 1.82) is 0 Å². The standard InChI is InChI=1S/C15H23N3O4/c1-16-12(19)6-3-2-4-10-17-13(20)7-5-11-18-14(21)8-9-15(18)22/h8-9H,2-7,10-11H2,1H3,(H,16,19)(H,17,20). The lowest BCUT2D eigenvalue weighted by Gasteiger charge is -2.13. The Morgan fingerprint density at radius 2 is 1.59 bits per heavy atom. The van der Waals surface area contributed by atoms with Gasteiger partial charge in [0.25, 0.3) is 11.8 Å². The second-order valence-corrected chi connectivity index (χ2v) is 5.10. The first-order chi connectivity index (χ1) is 10.5. The van der Waals surface area contributed by atoms with E-state index in [4.69, 9.17) is 0 Å². The number of nitrogens with zero attached hydrogens (tertiary/aromatic N) is 1. The normalized spacial score (nSPS) is 13.6. The first-order valence-corrected chi connectivity index (χ1v) is 7.55. The fraction of sp³-hybridized carbons (Fsp3) is 0.600. The summed E-state index contributed by atoms with van der Waals surface area (Å²) in [7, 11) is 1.61. The van der Waals surface area contributed by atoms with E-state index in [2.05, 4.69) is 10.6 Å².